The van der Waals surface area contributed by atoms with E-state index in [4.69, 9.17) is 10.8 Å². The molecule has 1 rings (SSSR count). The molecular weight excluding hydrogens is 150 g/mol. The van der Waals surface area contributed by atoms with Gasteiger partial charge in [0.15, 0.2) is 0 Å². The average molecular weight is 163 g/mol. The Bertz CT molecular complexity index is 245. The topological polar surface area (TPSA) is 25.2 Å². The zero-order chi connectivity index (χ0) is 8.81. The number of nitrogens with one attached hydrogen (secondary N) is 1. The Labute approximate surface area is 73.0 Å². The minimum Gasteiger partial charge on any atom is -0.472 e. The smallest absolute Gasteiger partial charge is 0.0947 e. The van der Waals surface area contributed by atoms with Crippen LogP contribution in [0.1, 0.15) is 18.9 Å². The second-order valence-electron chi connectivity index (χ2n) is 2.82. The quantitative estimate of drug-likeness (QED) is 0.684. The average Bonchev–Trinajstić information content (AvgIpc) is 2.53. The number of rotatable bonds is 4. The first kappa shape index (κ1) is 8.89. The Morgan fingerprint density at radius 1 is 1.75 bits per heavy atom. The van der Waals surface area contributed by atoms with Crippen LogP contribution >= 0.6 is 0 Å². The first-order chi connectivity index (χ1) is 5.83. The van der Waals surface area contributed by atoms with Crippen molar-refractivity contribution < 1.29 is 4.42 Å². The summed E-state index contributed by atoms with van der Waals surface area (Å²) in [6, 6.07) is 2.31. The van der Waals surface area contributed by atoms with Crippen molar-refractivity contribution in [3.63, 3.8) is 0 Å². The highest BCUT2D eigenvalue weighted by atomic mass is 16.3. The fourth-order valence-corrected chi connectivity index (χ4v) is 0.934. The molecule has 2 heteroatoms. The molecule has 1 unspecified atom stereocenters. The molecule has 0 amide bonds. The summed E-state index contributed by atoms with van der Waals surface area (Å²) in [6.07, 6.45) is 9.33. The molecule has 0 spiro atoms. The lowest BCUT2D eigenvalue weighted by atomic mass is 10.2. The Morgan fingerprint density at radius 3 is 3.17 bits per heavy atom. The van der Waals surface area contributed by atoms with Gasteiger partial charge in [0.25, 0.3) is 0 Å². The third kappa shape index (κ3) is 2.81. The molecule has 12 heavy (non-hydrogen) atoms. The van der Waals surface area contributed by atoms with Gasteiger partial charge in [-0.2, -0.15) is 0 Å². The standard InChI is InChI=1S/C10H13NO/c1-3-4-9(2)11-7-10-5-6-12-8-10/h1,5-6,8-9,11H,4,7H2,2H3. The van der Waals surface area contributed by atoms with E-state index in [1.54, 1.807) is 12.5 Å². The van der Waals surface area contributed by atoms with Gasteiger partial charge in [0, 0.05) is 24.6 Å². The molecule has 0 aliphatic rings. The van der Waals surface area contributed by atoms with Crippen molar-refractivity contribution in [2.75, 3.05) is 0 Å². The Balaban J connectivity index is 2.23. The molecule has 0 saturated heterocycles. The van der Waals surface area contributed by atoms with Crippen molar-refractivity contribution in [2.24, 2.45) is 0 Å². The highest BCUT2D eigenvalue weighted by Crippen LogP contribution is 1.99. The number of hydrogen-bond acceptors (Lipinski definition) is 2. The second-order valence-corrected chi connectivity index (χ2v) is 2.82. The van der Waals surface area contributed by atoms with Crippen molar-refractivity contribution in [2.45, 2.75) is 25.9 Å². The lowest BCUT2D eigenvalue weighted by molar-refractivity contribution is 0.540. The van der Waals surface area contributed by atoms with E-state index < -0.39 is 0 Å². The summed E-state index contributed by atoms with van der Waals surface area (Å²) >= 11 is 0. The fraction of sp³-hybridized carbons (Fsp3) is 0.400. The Kier molecular flexibility index (Phi) is 3.43. The van der Waals surface area contributed by atoms with Crippen LogP contribution < -0.4 is 5.32 Å². The summed E-state index contributed by atoms with van der Waals surface area (Å²) in [5.41, 5.74) is 1.15. The minimum atomic E-state index is 0.366. The maximum atomic E-state index is 5.17. The predicted molar refractivity (Wildman–Crippen MR) is 48.5 cm³/mol. The van der Waals surface area contributed by atoms with Crippen LogP contribution in [0.4, 0.5) is 0 Å². The van der Waals surface area contributed by atoms with Gasteiger partial charge in [-0.1, -0.05) is 0 Å². The second kappa shape index (κ2) is 4.63. The molecular formula is C10H13NO. The maximum absolute atomic E-state index is 5.17. The van der Waals surface area contributed by atoms with Crippen molar-refractivity contribution in [3.8, 4) is 12.3 Å². The van der Waals surface area contributed by atoms with E-state index in [1.165, 1.54) is 0 Å². The van der Waals surface area contributed by atoms with Crippen LogP contribution in [0, 0.1) is 12.3 Å². The van der Waals surface area contributed by atoms with Gasteiger partial charge >= 0.3 is 0 Å². The zero-order valence-corrected chi connectivity index (χ0v) is 7.21. The number of terminal acetylenes is 1. The van der Waals surface area contributed by atoms with Crippen molar-refractivity contribution in [1.29, 1.82) is 0 Å². The third-order valence-corrected chi connectivity index (χ3v) is 1.66. The van der Waals surface area contributed by atoms with Crippen LogP contribution in [0.3, 0.4) is 0 Å². The third-order valence-electron chi connectivity index (χ3n) is 1.66. The summed E-state index contributed by atoms with van der Waals surface area (Å²) in [5, 5.41) is 3.28. The van der Waals surface area contributed by atoms with E-state index in [9.17, 15) is 0 Å². The van der Waals surface area contributed by atoms with Crippen LogP contribution in [-0.2, 0) is 6.54 Å². The Hall–Kier alpha value is -1.20. The normalized spacial score (nSPS) is 12.3. The molecule has 0 radical (unpaired) electrons. The summed E-state index contributed by atoms with van der Waals surface area (Å²) in [6.45, 7) is 2.89. The van der Waals surface area contributed by atoms with Crippen molar-refractivity contribution in [1.82, 2.24) is 5.32 Å². The van der Waals surface area contributed by atoms with Gasteiger partial charge in [0.1, 0.15) is 0 Å². The number of hydrogen-bond donors (Lipinski definition) is 1. The van der Waals surface area contributed by atoms with Gasteiger partial charge in [-0.3, -0.25) is 0 Å². The maximum Gasteiger partial charge on any atom is 0.0947 e. The van der Waals surface area contributed by atoms with Gasteiger partial charge in [-0.15, -0.1) is 12.3 Å². The van der Waals surface area contributed by atoms with Crippen LogP contribution in [0.15, 0.2) is 23.0 Å². The zero-order valence-electron chi connectivity index (χ0n) is 7.21. The molecule has 2 nitrogen and oxygen atoms in total. The predicted octanol–water partition coefficient (Wildman–Crippen LogP) is 1.78. The van der Waals surface area contributed by atoms with Crippen molar-refractivity contribution in [3.05, 3.63) is 24.2 Å². The first-order valence-corrected chi connectivity index (χ1v) is 4.01. The van der Waals surface area contributed by atoms with Gasteiger partial charge in [-0.05, 0) is 13.0 Å². The Morgan fingerprint density at radius 2 is 2.58 bits per heavy atom. The SMILES string of the molecule is C#CCC(C)NCc1ccoc1. The highest BCUT2D eigenvalue weighted by molar-refractivity contribution is 5.04. The molecule has 1 N–H and O–H groups in total. The lowest BCUT2D eigenvalue weighted by Gasteiger charge is -2.08. The molecule has 0 aromatic carbocycles. The van der Waals surface area contributed by atoms with Gasteiger partial charge in [0.05, 0.1) is 12.5 Å². The molecule has 0 bridgehead atoms. The van der Waals surface area contributed by atoms with Gasteiger partial charge < -0.3 is 9.73 Å². The van der Waals surface area contributed by atoms with E-state index in [0.29, 0.717) is 6.04 Å². The molecule has 1 aromatic heterocycles. The highest BCUT2D eigenvalue weighted by Gasteiger charge is 1.99. The van der Waals surface area contributed by atoms with Crippen LogP contribution in [-0.4, -0.2) is 6.04 Å². The van der Waals surface area contributed by atoms with E-state index in [1.807, 2.05) is 6.07 Å². The molecule has 0 aliphatic carbocycles. The lowest BCUT2D eigenvalue weighted by Crippen LogP contribution is -2.24. The molecule has 1 heterocycles. The van der Waals surface area contributed by atoms with Crippen molar-refractivity contribution >= 4 is 0 Å². The van der Waals surface area contributed by atoms with E-state index in [-0.39, 0.29) is 0 Å². The summed E-state index contributed by atoms with van der Waals surface area (Å²) in [4.78, 5) is 0. The molecule has 0 fully saturated rings. The summed E-state index contributed by atoms with van der Waals surface area (Å²) < 4.78 is 4.93. The fourth-order valence-electron chi connectivity index (χ4n) is 0.934. The van der Waals surface area contributed by atoms with Gasteiger partial charge in [0.2, 0.25) is 0 Å². The van der Waals surface area contributed by atoms with E-state index in [2.05, 4.69) is 18.2 Å². The molecule has 0 aliphatic heterocycles. The van der Waals surface area contributed by atoms with Crippen LogP contribution in [0.2, 0.25) is 0 Å². The molecule has 0 saturated carbocycles. The monoisotopic (exact) mass is 163 g/mol. The molecule has 1 aromatic rings. The summed E-state index contributed by atoms with van der Waals surface area (Å²) in [7, 11) is 0. The van der Waals surface area contributed by atoms with Crippen LogP contribution in [0.25, 0.3) is 0 Å². The molecule has 64 valence electrons. The first-order valence-electron chi connectivity index (χ1n) is 4.01. The number of furan rings is 1. The van der Waals surface area contributed by atoms with Crippen LogP contribution in [0.5, 0.6) is 0 Å². The van der Waals surface area contributed by atoms with E-state index in [0.717, 1.165) is 18.5 Å². The largest absolute Gasteiger partial charge is 0.472 e. The summed E-state index contributed by atoms with van der Waals surface area (Å²) in [5.74, 6) is 2.61. The molecule has 1 atom stereocenters. The van der Waals surface area contributed by atoms with E-state index >= 15 is 0 Å². The van der Waals surface area contributed by atoms with Gasteiger partial charge in [-0.25, -0.2) is 0 Å². The minimum absolute atomic E-state index is 0.366.